The lowest BCUT2D eigenvalue weighted by Gasteiger charge is -2.23. The normalized spacial score (nSPS) is 14.8. The van der Waals surface area contributed by atoms with Gasteiger partial charge < -0.3 is 9.52 Å². The number of hydrogen-bond donors (Lipinski definition) is 3. The average Bonchev–Trinajstić information content (AvgIpc) is 3.11. The van der Waals surface area contributed by atoms with E-state index >= 15 is 0 Å². The van der Waals surface area contributed by atoms with Gasteiger partial charge in [-0.05, 0) is 45.0 Å². The minimum atomic E-state index is -3.77. The Morgan fingerprint density at radius 3 is 2.75 bits per heavy atom. The molecule has 0 saturated carbocycles. The number of aromatic amines is 1. The van der Waals surface area contributed by atoms with Crippen LogP contribution in [0.15, 0.2) is 39.8 Å². The molecular formula is C16H19N3O4S. The molecule has 2 heterocycles. The molecule has 0 bridgehead atoms. The van der Waals surface area contributed by atoms with E-state index in [9.17, 15) is 13.5 Å². The van der Waals surface area contributed by atoms with Crippen LogP contribution in [0.1, 0.15) is 24.0 Å². The Hall–Kier alpha value is -2.16. The van der Waals surface area contributed by atoms with E-state index in [4.69, 9.17) is 4.42 Å². The van der Waals surface area contributed by atoms with Gasteiger partial charge in [0, 0.05) is 17.5 Å². The molecule has 0 amide bonds. The number of benzene rings is 1. The van der Waals surface area contributed by atoms with Crippen molar-refractivity contribution in [1.29, 1.82) is 0 Å². The third kappa shape index (κ3) is 3.08. The van der Waals surface area contributed by atoms with E-state index in [-0.39, 0.29) is 11.4 Å². The standard InChI is InChI=1S/C16H19N3O4S/c1-10-6-14(11(2)23-10)16(3,20)9-18-24(21,22)13-5-4-12-8-17-19-15(12)7-13/h4-8,18,20H,9H2,1-3H3,(H,17,19)/t16-/m1/s1. The first kappa shape index (κ1) is 16.7. The summed E-state index contributed by atoms with van der Waals surface area (Å²) in [7, 11) is -3.77. The fourth-order valence-corrected chi connectivity index (χ4v) is 3.82. The van der Waals surface area contributed by atoms with Gasteiger partial charge in [-0.25, -0.2) is 13.1 Å². The number of furan rings is 1. The van der Waals surface area contributed by atoms with Crippen molar-refractivity contribution >= 4 is 20.9 Å². The molecule has 1 aromatic carbocycles. The fraction of sp³-hybridized carbons (Fsp3) is 0.312. The summed E-state index contributed by atoms with van der Waals surface area (Å²) in [6.07, 6.45) is 1.62. The maximum Gasteiger partial charge on any atom is 0.240 e. The van der Waals surface area contributed by atoms with Gasteiger partial charge in [0.25, 0.3) is 0 Å². The highest BCUT2D eigenvalue weighted by molar-refractivity contribution is 7.89. The zero-order chi connectivity index (χ0) is 17.5. The first-order chi connectivity index (χ1) is 11.2. The lowest BCUT2D eigenvalue weighted by molar-refractivity contribution is 0.0612. The van der Waals surface area contributed by atoms with Crippen molar-refractivity contribution in [2.75, 3.05) is 6.54 Å². The molecule has 0 fully saturated rings. The predicted octanol–water partition coefficient (Wildman–Crippen LogP) is 1.96. The predicted molar refractivity (Wildman–Crippen MR) is 89.0 cm³/mol. The minimum absolute atomic E-state index is 0.107. The maximum atomic E-state index is 12.5. The molecule has 0 aliphatic rings. The summed E-state index contributed by atoms with van der Waals surface area (Å²) in [6, 6.07) is 6.39. The number of nitrogens with one attached hydrogen (secondary N) is 2. The minimum Gasteiger partial charge on any atom is -0.466 e. The van der Waals surface area contributed by atoms with Crippen LogP contribution in [0.2, 0.25) is 0 Å². The Bertz CT molecular complexity index is 986. The molecule has 0 saturated heterocycles. The number of hydrogen-bond acceptors (Lipinski definition) is 5. The topological polar surface area (TPSA) is 108 Å². The van der Waals surface area contributed by atoms with Crippen LogP contribution >= 0.6 is 0 Å². The van der Waals surface area contributed by atoms with Crippen molar-refractivity contribution in [1.82, 2.24) is 14.9 Å². The van der Waals surface area contributed by atoms with E-state index in [2.05, 4.69) is 14.9 Å². The fourth-order valence-electron chi connectivity index (χ4n) is 2.66. The van der Waals surface area contributed by atoms with Gasteiger partial charge in [0.15, 0.2) is 0 Å². The number of aryl methyl sites for hydroxylation is 2. The molecule has 0 unspecified atom stereocenters. The van der Waals surface area contributed by atoms with E-state index in [1.807, 2.05) is 0 Å². The first-order valence-corrected chi connectivity index (χ1v) is 8.90. The maximum absolute atomic E-state index is 12.5. The van der Waals surface area contributed by atoms with Gasteiger partial charge in [-0.1, -0.05) is 0 Å². The second-order valence-corrected chi connectivity index (χ2v) is 7.81. The van der Waals surface area contributed by atoms with Crippen LogP contribution in [0.3, 0.4) is 0 Å². The third-order valence-corrected chi connectivity index (χ3v) is 5.35. The molecular weight excluding hydrogens is 330 g/mol. The molecule has 3 aromatic rings. The Morgan fingerprint density at radius 1 is 1.33 bits per heavy atom. The van der Waals surface area contributed by atoms with Crippen LogP contribution in [-0.2, 0) is 15.6 Å². The molecule has 0 spiro atoms. The summed E-state index contributed by atoms with van der Waals surface area (Å²) in [5.74, 6) is 1.23. The van der Waals surface area contributed by atoms with Gasteiger partial charge >= 0.3 is 0 Å². The Balaban J connectivity index is 1.82. The molecule has 0 aliphatic carbocycles. The second-order valence-electron chi connectivity index (χ2n) is 6.04. The monoisotopic (exact) mass is 349 g/mol. The number of aliphatic hydroxyl groups is 1. The Labute approximate surface area is 139 Å². The van der Waals surface area contributed by atoms with Crippen molar-refractivity contribution < 1.29 is 17.9 Å². The summed E-state index contributed by atoms with van der Waals surface area (Å²) >= 11 is 0. The van der Waals surface area contributed by atoms with Crippen molar-refractivity contribution in [3.8, 4) is 0 Å². The van der Waals surface area contributed by atoms with Crippen LogP contribution < -0.4 is 4.72 Å². The third-order valence-electron chi connectivity index (χ3n) is 3.95. The van der Waals surface area contributed by atoms with Gasteiger partial charge in [0.05, 0.1) is 16.6 Å². The highest BCUT2D eigenvalue weighted by Crippen LogP contribution is 2.27. The largest absolute Gasteiger partial charge is 0.466 e. The number of H-pyrrole nitrogens is 1. The summed E-state index contributed by atoms with van der Waals surface area (Å²) in [4.78, 5) is 0.107. The number of fused-ring (bicyclic) bond motifs is 1. The molecule has 8 heteroatoms. The Morgan fingerprint density at radius 2 is 2.08 bits per heavy atom. The summed E-state index contributed by atoms with van der Waals surface area (Å²) in [5.41, 5.74) is -0.190. The molecule has 3 rings (SSSR count). The van der Waals surface area contributed by atoms with Gasteiger partial charge in [-0.15, -0.1) is 0 Å². The molecule has 7 nitrogen and oxygen atoms in total. The van der Waals surface area contributed by atoms with E-state index in [1.54, 1.807) is 39.1 Å². The van der Waals surface area contributed by atoms with Gasteiger partial charge in [-0.3, -0.25) is 5.10 Å². The lowest BCUT2D eigenvalue weighted by atomic mass is 9.97. The van der Waals surface area contributed by atoms with Gasteiger partial charge in [0.2, 0.25) is 10.0 Å². The van der Waals surface area contributed by atoms with E-state index < -0.39 is 15.6 Å². The zero-order valence-corrected chi connectivity index (χ0v) is 14.4. The summed E-state index contributed by atoms with van der Waals surface area (Å²) in [6.45, 7) is 4.88. The van der Waals surface area contributed by atoms with E-state index in [0.717, 1.165) is 5.39 Å². The SMILES string of the molecule is Cc1cc([C@](C)(O)CNS(=O)(=O)c2ccc3cn[nH]c3c2)c(C)o1. The van der Waals surface area contributed by atoms with Crippen LogP contribution in [-0.4, -0.2) is 30.3 Å². The van der Waals surface area contributed by atoms with Crippen molar-refractivity contribution in [2.45, 2.75) is 31.3 Å². The summed E-state index contributed by atoms with van der Waals surface area (Å²) in [5, 5.41) is 18.1. The van der Waals surface area contributed by atoms with Crippen LogP contribution in [0.4, 0.5) is 0 Å². The summed E-state index contributed by atoms with van der Waals surface area (Å²) < 4.78 is 32.8. The van der Waals surface area contributed by atoms with E-state index in [1.165, 1.54) is 12.1 Å². The number of sulfonamides is 1. The number of rotatable bonds is 5. The zero-order valence-electron chi connectivity index (χ0n) is 13.6. The van der Waals surface area contributed by atoms with Crippen LogP contribution in [0.5, 0.6) is 0 Å². The molecule has 24 heavy (non-hydrogen) atoms. The van der Waals surface area contributed by atoms with Crippen molar-refractivity contribution in [3.63, 3.8) is 0 Å². The van der Waals surface area contributed by atoms with Crippen molar-refractivity contribution in [3.05, 3.63) is 47.5 Å². The van der Waals surface area contributed by atoms with Gasteiger partial charge in [0.1, 0.15) is 17.1 Å². The molecule has 128 valence electrons. The lowest BCUT2D eigenvalue weighted by Crippen LogP contribution is -2.38. The highest BCUT2D eigenvalue weighted by atomic mass is 32.2. The molecule has 2 aromatic heterocycles. The molecule has 0 radical (unpaired) electrons. The van der Waals surface area contributed by atoms with Crippen molar-refractivity contribution in [2.24, 2.45) is 0 Å². The average molecular weight is 349 g/mol. The Kier molecular flexibility index (Phi) is 3.98. The quantitative estimate of drug-likeness (QED) is 0.652. The van der Waals surface area contributed by atoms with Crippen LogP contribution in [0, 0.1) is 13.8 Å². The second kappa shape index (κ2) is 5.73. The van der Waals surface area contributed by atoms with Gasteiger partial charge in [-0.2, -0.15) is 5.10 Å². The molecule has 3 N–H and O–H groups in total. The highest BCUT2D eigenvalue weighted by Gasteiger charge is 2.29. The molecule has 1 atom stereocenters. The van der Waals surface area contributed by atoms with E-state index in [0.29, 0.717) is 22.6 Å². The number of nitrogens with zero attached hydrogens (tertiary/aromatic N) is 1. The smallest absolute Gasteiger partial charge is 0.240 e. The van der Waals surface area contributed by atoms with Crippen LogP contribution in [0.25, 0.3) is 10.9 Å². The molecule has 0 aliphatic heterocycles. The first-order valence-electron chi connectivity index (χ1n) is 7.42. The number of aromatic nitrogens is 2.